The highest BCUT2D eigenvalue weighted by Crippen LogP contribution is 2.25. The molecule has 1 aromatic heterocycles. The van der Waals surface area contributed by atoms with Crippen molar-refractivity contribution in [1.29, 1.82) is 0 Å². The van der Waals surface area contributed by atoms with Crippen molar-refractivity contribution in [2.45, 2.75) is 6.18 Å². The predicted molar refractivity (Wildman–Crippen MR) is 26.0 cm³/mol. The van der Waals surface area contributed by atoms with Gasteiger partial charge >= 0.3 is 6.18 Å². The minimum Gasteiger partial charge on any atom is -0.245 e. The molecule has 6 heteroatoms. The van der Waals surface area contributed by atoms with E-state index < -0.39 is 12.0 Å². The van der Waals surface area contributed by atoms with Crippen LogP contribution in [0.2, 0.25) is 0 Å². The van der Waals surface area contributed by atoms with E-state index in [1.54, 1.807) is 0 Å². The smallest absolute Gasteiger partial charge is 0.245 e. The van der Waals surface area contributed by atoms with E-state index in [4.69, 9.17) is 0 Å². The topological polar surface area (TPSA) is 30.7 Å². The SMILES string of the molecule is Cn1ncnc1C(F)(F)F. The normalized spacial score (nSPS) is 12.0. The molecule has 0 aromatic carbocycles. The summed E-state index contributed by atoms with van der Waals surface area (Å²) in [5, 5.41) is 3.27. The zero-order valence-corrected chi connectivity index (χ0v) is 5.05. The van der Waals surface area contributed by atoms with Crippen LogP contribution in [0.4, 0.5) is 13.2 Å². The van der Waals surface area contributed by atoms with Crippen molar-refractivity contribution in [3.05, 3.63) is 12.2 Å². The summed E-state index contributed by atoms with van der Waals surface area (Å²) < 4.78 is 36.0. The number of hydrogen-bond donors (Lipinski definition) is 0. The van der Waals surface area contributed by atoms with Crippen molar-refractivity contribution in [3.8, 4) is 0 Å². The Kier molecular flexibility index (Phi) is 1.38. The summed E-state index contributed by atoms with van der Waals surface area (Å²) in [5.74, 6) is -0.979. The van der Waals surface area contributed by atoms with Crippen LogP contribution in [-0.2, 0) is 13.2 Å². The van der Waals surface area contributed by atoms with Crippen molar-refractivity contribution < 1.29 is 13.2 Å². The summed E-state index contributed by atoms with van der Waals surface area (Å²) in [5.41, 5.74) is 0. The van der Waals surface area contributed by atoms with Gasteiger partial charge in [-0.2, -0.15) is 18.3 Å². The number of aromatic nitrogens is 3. The molecule has 3 nitrogen and oxygen atoms in total. The Labute approximate surface area is 54.5 Å². The first-order chi connectivity index (χ1) is 4.52. The average Bonchev–Trinajstić information content (AvgIpc) is 2.11. The van der Waals surface area contributed by atoms with Gasteiger partial charge in [-0.05, 0) is 0 Å². The molecule has 0 atom stereocenters. The van der Waals surface area contributed by atoms with Gasteiger partial charge in [0.1, 0.15) is 6.33 Å². The van der Waals surface area contributed by atoms with Gasteiger partial charge in [-0.1, -0.05) is 0 Å². The lowest BCUT2D eigenvalue weighted by Crippen LogP contribution is -2.13. The van der Waals surface area contributed by atoms with Crippen LogP contribution in [0.3, 0.4) is 0 Å². The quantitative estimate of drug-likeness (QED) is 0.549. The number of aryl methyl sites for hydroxylation is 1. The lowest BCUT2D eigenvalue weighted by atomic mass is 10.6. The third-order valence-electron chi connectivity index (χ3n) is 0.965. The lowest BCUT2D eigenvalue weighted by molar-refractivity contribution is -0.147. The van der Waals surface area contributed by atoms with Crippen LogP contribution >= 0.6 is 0 Å². The van der Waals surface area contributed by atoms with E-state index >= 15 is 0 Å². The second kappa shape index (κ2) is 1.96. The van der Waals surface area contributed by atoms with E-state index in [1.807, 2.05) is 0 Å². The van der Waals surface area contributed by atoms with Crippen molar-refractivity contribution in [2.24, 2.45) is 7.05 Å². The fourth-order valence-corrected chi connectivity index (χ4v) is 0.553. The molecule has 0 aliphatic carbocycles. The van der Waals surface area contributed by atoms with E-state index in [0.29, 0.717) is 4.68 Å². The van der Waals surface area contributed by atoms with Gasteiger partial charge in [0.2, 0.25) is 5.82 Å². The number of halogens is 3. The Bertz CT molecular complexity index is 226. The fraction of sp³-hybridized carbons (Fsp3) is 0.500. The van der Waals surface area contributed by atoms with Crippen LogP contribution in [0, 0.1) is 0 Å². The molecule has 56 valence electrons. The molecule has 10 heavy (non-hydrogen) atoms. The first-order valence-corrected chi connectivity index (χ1v) is 2.43. The highest BCUT2D eigenvalue weighted by molar-refractivity contribution is 4.88. The number of alkyl halides is 3. The Morgan fingerprint density at radius 3 is 2.30 bits per heavy atom. The van der Waals surface area contributed by atoms with Crippen LogP contribution in [0.25, 0.3) is 0 Å². The molecule has 0 amide bonds. The van der Waals surface area contributed by atoms with E-state index in [-0.39, 0.29) is 0 Å². The summed E-state index contributed by atoms with van der Waals surface area (Å²) in [4.78, 5) is 3.01. The molecule has 1 heterocycles. The second-order valence-electron chi connectivity index (χ2n) is 1.71. The highest BCUT2D eigenvalue weighted by atomic mass is 19.4. The van der Waals surface area contributed by atoms with Crippen molar-refractivity contribution in [2.75, 3.05) is 0 Å². The van der Waals surface area contributed by atoms with E-state index in [2.05, 4.69) is 10.1 Å². The zero-order valence-electron chi connectivity index (χ0n) is 5.05. The van der Waals surface area contributed by atoms with Crippen LogP contribution < -0.4 is 0 Å². The molecule has 0 aliphatic rings. The van der Waals surface area contributed by atoms with E-state index in [9.17, 15) is 13.2 Å². The van der Waals surface area contributed by atoms with Gasteiger partial charge in [0, 0.05) is 7.05 Å². The van der Waals surface area contributed by atoms with Crippen molar-refractivity contribution in [1.82, 2.24) is 14.8 Å². The lowest BCUT2D eigenvalue weighted by Gasteiger charge is -2.02. The minimum atomic E-state index is -4.40. The molecule has 0 bridgehead atoms. The first kappa shape index (κ1) is 7.04. The first-order valence-electron chi connectivity index (χ1n) is 2.43. The van der Waals surface area contributed by atoms with Gasteiger partial charge in [0.05, 0.1) is 0 Å². The van der Waals surface area contributed by atoms with Crippen LogP contribution in [0.5, 0.6) is 0 Å². The van der Waals surface area contributed by atoms with E-state index in [1.165, 1.54) is 7.05 Å². The second-order valence-corrected chi connectivity index (χ2v) is 1.71. The van der Waals surface area contributed by atoms with Crippen LogP contribution in [0.15, 0.2) is 6.33 Å². The number of nitrogens with zero attached hydrogens (tertiary/aromatic N) is 3. The fourth-order valence-electron chi connectivity index (χ4n) is 0.553. The Morgan fingerprint density at radius 2 is 2.10 bits per heavy atom. The molecule has 1 aromatic rings. The summed E-state index contributed by atoms with van der Waals surface area (Å²) in [6.45, 7) is 0. The average molecular weight is 151 g/mol. The van der Waals surface area contributed by atoms with Gasteiger partial charge < -0.3 is 0 Å². The summed E-state index contributed by atoms with van der Waals surface area (Å²) in [6, 6.07) is 0. The van der Waals surface area contributed by atoms with Gasteiger partial charge in [-0.25, -0.2) is 9.67 Å². The summed E-state index contributed by atoms with van der Waals surface area (Å²) >= 11 is 0. The van der Waals surface area contributed by atoms with Crippen LogP contribution in [0.1, 0.15) is 5.82 Å². The van der Waals surface area contributed by atoms with Crippen molar-refractivity contribution >= 4 is 0 Å². The third-order valence-corrected chi connectivity index (χ3v) is 0.965. The predicted octanol–water partition coefficient (Wildman–Crippen LogP) is 0.834. The van der Waals surface area contributed by atoms with Crippen molar-refractivity contribution in [3.63, 3.8) is 0 Å². The Hall–Kier alpha value is -1.07. The minimum absolute atomic E-state index is 0.681. The molecule has 0 radical (unpaired) electrons. The Morgan fingerprint density at radius 1 is 1.50 bits per heavy atom. The molecule has 0 saturated carbocycles. The molecule has 0 unspecified atom stereocenters. The summed E-state index contributed by atoms with van der Waals surface area (Å²) in [6.07, 6.45) is -3.53. The highest BCUT2D eigenvalue weighted by Gasteiger charge is 2.35. The maximum Gasteiger partial charge on any atom is 0.451 e. The number of hydrogen-bond acceptors (Lipinski definition) is 2. The molecule has 0 spiro atoms. The summed E-state index contributed by atoms with van der Waals surface area (Å²) in [7, 11) is 1.19. The van der Waals surface area contributed by atoms with Gasteiger partial charge in [-0.15, -0.1) is 0 Å². The molecule has 0 fully saturated rings. The van der Waals surface area contributed by atoms with Gasteiger partial charge in [0.25, 0.3) is 0 Å². The maximum absolute atomic E-state index is 11.8. The standard InChI is InChI=1S/C4H4F3N3/c1-10-3(4(5,6)7)8-2-9-10/h2H,1H3. The Balaban J connectivity index is 3.05. The molecular formula is C4H4F3N3. The molecule has 0 N–H and O–H groups in total. The van der Waals surface area contributed by atoms with Crippen LogP contribution in [-0.4, -0.2) is 14.8 Å². The van der Waals surface area contributed by atoms with Gasteiger partial charge in [0.15, 0.2) is 0 Å². The third kappa shape index (κ3) is 1.09. The monoisotopic (exact) mass is 151 g/mol. The number of rotatable bonds is 0. The largest absolute Gasteiger partial charge is 0.451 e. The molecule has 0 aliphatic heterocycles. The zero-order chi connectivity index (χ0) is 7.78. The molecule has 1 rings (SSSR count). The van der Waals surface area contributed by atoms with E-state index in [0.717, 1.165) is 6.33 Å². The van der Waals surface area contributed by atoms with Gasteiger partial charge in [-0.3, -0.25) is 0 Å². The molecule has 0 saturated heterocycles. The molecular weight excluding hydrogens is 147 g/mol. The maximum atomic E-state index is 11.8.